The first kappa shape index (κ1) is 26.1. The molecule has 2 fully saturated rings. The maximum absolute atomic E-state index is 13.4. The highest BCUT2D eigenvalue weighted by Crippen LogP contribution is 2.46. The molecule has 2 aliphatic rings. The van der Waals surface area contributed by atoms with Crippen molar-refractivity contribution in [3.05, 3.63) is 72.3 Å². The summed E-state index contributed by atoms with van der Waals surface area (Å²) in [6, 6.07) is 13.6. The van der Waals surface area contributed by atoms with Gasteiger partial charge >= 0.3 is 0 Å². The van der Waals surface area contributed by atoms with Crippen LogP contribution in [0.25, 0.3) is 28.0 Å². The Morgan fingerprint density at radius 1 is 0.976 bits per heavy atom. The van der Waals surface area contributed by atoms with Gasteiger partial charge in [-0.3, -0.25) is 14.9 Å². The average Bonchev–Trinajstić information content (AvgIpc) is 3.68. The summed E-state index contributed by atoms with van der Waals surface area (Å²) in [6.45, 7) is 0. The van der Waals surface area contributed by atoms with Crippen LogP contribution in [-0.4, -0.2) is 67.3 Å². The second-order valence-corrected chi connectivity index (χ2v) is 13.0. The van der Waals surface area contributed by atoms with Crippen LogP contribution in [0.4, 0.5) is 11.6 Å². The number of anilines is 2. The molecule has 2 unspecified atom stereocenters. The zero-order valence-corrected chi connectivity index (χ0v) is 23.6. The molecule has 0 spiro atoms. The summed E-state index contributed by atoms with van der Waals surface area (Å²) < 4.78 is 27.6. The van der Waals surface area contributed by atoms with Gasteiger partial charge in [-0.2, -0.15) is 14.7 Å². The van der Waals surface area contributed by atoms with E-state index < -0.39 is 9.84 Å². The van der Waals surface area contributed by atoms with E-state index in [0.29, 0.717) is 35.3 Å². The van der Waals surface area contributed by atoms with Gasteiger partial charge in [-0.25, -0.2) is 13.4 Å². The normalized spacial score (nSPS) is 20.3. The number of fused-ring (bicyclic) bond motifs is 3. The van der Waals surface area contributed by atoms with E-state index in [1.807, 2.05) is 47.4 Å². The van der Waals surface area contributed by atoms with E-state index in [4.69, 9.17) is 16.5 Å². The number of H-pyrrole nitrogens is 1. The Morgan fingerprint density at radius 2 is 1.71 bits per heavy atom. The molecule has 0 radical (unpaired) electrons. The standard InChI is InChI=1S/C29H29N9O3S/c1-42(40,41)25-24(18-11-19-8-9-20(12-18)37(19)29(39)22-14-33-36-26(22)30)35-28-21(15-34-38(28)27(25)31)17-7-10-23(32-13-17)16-5-3-2-4-6-16/h2-7,10,13-15,18-20H,8-9,11-12,31H2,1H3,(H3,30,33,36). The maximum Gasteiger partial charge on any atom is 0.259 e. The molecule has 4 aromatic heterocycles. The third kappa shape index (κ3) is 4.19. The Bertz CT molecular complexity index is 1920. The highest BCUT2D eigenvalue weighted by atomic mass is 32.2. The molecular weight excluding hydrogens is 554 g/mol. The minimum Gasteiger partial charge on any atom is -0.383 e. The van der Waals surface area contributed by atoms with Crippen LogP contribution < -0.4 is 11.5 Å². The molecule has 0 aliphatic carbocycles. The van der Waals surface area contributed by atoms with E-state index in [1.165, 1.54) is 10.7 Å². The summed E-state index contributed by atoms with van der Waals surface area (Å²) in [5.41, 5.74) is 17.0. The zero-order valence-electron chi connectivity index (χ0n) is 22.8. The number of hydrogen-bond acceptors (Lipinski definition) is 9. The first-order chi connectivity index (χ1) is 20.2. The first-order valence-corrected chi connectivity index (χ1v) is 15.6. The fourth-order valence-corrected chi connectivity index (χ4v) is 7.61. The van der Waals surface area contributed by atoms with Gasteiger partial charge in [-0.1, -0.05) is 36.4 Å². The van der Waals surface area contributed by atoms with Gasteiger partial charge in [0.2, 0.25) is 0 Å². The van der Waals surface area contributed by atoms with E-state index in [9.17, 15) is 13.2 Å². The molecule has 12 nitrogen and oxygen atoms in total. The molecule has 5 N–H and O–H groups in total. The SMILES string of the molecule is CS(=O)(=O)c1c(C2CC3CCC(C2)N3C(=O)c2cn[nH]c2N)nc2c(-c3ccc(-c4ccccc4)nc3)cnn2c1N. The highest BCUT2D eigenvalue weighted by Gasteiger charge is 2.46. The number of piperidine rings is 1. The van der Waals surface area contributed by atoms with Crippen LogP contribution in [0.2, 0.25) is 0 Å². The number of hydrogen-bond donors (Lipinski definition) is 3. The number of carbonyl (C=O) groups is 1. The van der Waals surface area contributed by atoms with Crippen LogP contribution in [0.5, 0.6) is 0 Å². The van der Waals surface area contributed by atoms with Gasteiger partial charge in [0.1, 0.15) is 22.1 Å². The molecule has 6 heterocycles. The Morgan fingerprint density at radius 3 is 2.33 bits per heavy atom. The second kappa shape index (κ2) is 9.65. The van der Waals surface area contributed by atoms with E-state index in [0.717, 1.165) is 35.9 Å². The molecule has 7 rings (SSSR count). The zero-order chi connectivity index (χ0) is 29.2. The Balaban J connectivity index is 1.28. The van der Waals surface area contributed by atoms with Crippen LogP contribution in [0.1, 0.15) is 47.7 Å². The van der Waals surface area contributed by atoms with Crippen molar-refractivity contribution in [2.75, 3.05) is 17.7 Å². The largest absolute Gasteiger partial charge is 0.383 e. The highest BCUT2D eigenvalue weighted by molar-refractivity contribution is 7.91. The number of carbonyl (C=O) groups excluding carboxylic acids is 1. The quantitative estimate of drug-likeness (QED) is 0.280. The van der Waals surface area contributed by atoms with Gasteiger partial charge in [-0.15, -0.1) is 0 Å². The predicted octanol–water partition coefficient (Wildman–Crippen LogP) is 3.30. The van der Waals surface area contributed by atoms with Gasteiger partial charge in [0.25, 0.3) is 5.91 Å². The fraction of sp³-hybridized carbons (Fsp3) is 0.276. The summed E-state index contributed by atoms with van der Waals surface area (Å²) in [6.07, 6.45) is 8.72. The summed E-state index contributed by atoms with van der Waals surface area (Å²) >= 11 is 0. The molecule has 1 aromatic carbocycles. The molecule has 5 aromatic rings. The molecule has 1 amide bonds. The van der Waals surface area contributed by atoms with Crippen molar-refractivity contribution >= 4 is 33.0 Å². The lowest BCUT2D eigenvalue weighted by atomic mass is 9.87. The Hall–Kier alpha value is -4.78. The number of aromatic nitrogens is 6. The van der Waals surface area contributed by atoms with E-state index in [2.05, 4.69) is 20.3 Å². The van der Waals surface area contributed by atoms with Crippen molar-refractivity contribution < 1.29 is 13.2 Å². The number of nitrogens with zero attached hydrogens (tertiary/aromatic N) is 6. The van der Waals surface area contributed by atoms with Crippen molar-refractivity contribution in [1.82, 2.24) is 34.7 Å². The van der Waals surface area contributed by atoms with Gasteiger partial charge in [0.05, 0.1) is 23.8 Å². The average molecular weight is 584 g/mol. The Kier molecular flexibility index (Phi) is 6.01. The number of nitrogens with two attached hydrogens (primary N) is 2. The lowest BCUT2D eigenvalue weighted by Gasteiger charge is -2.39. The third-order valence-corrected chi connectivity index (χ3v) is 9.59. The second-order valence-electron chi connectivity index (χ2n) is 11.0. The van der Waals surface area contributed by atoms with Gasteiger partial charge in [0, 0.05) is 47.1 Å². The maximum atomic E-state index is 13.4. The number of benzene rings is 1. The molecule has 2 bridgehead atoms. The van der Waals surface area contributed by atoms with Crippen molar-refractivity contribution in [3.63, 3.8) is 0 Å². The van der Waals surface area contributed by atoms with Crippen molar-refractivity contribution in [2.45, 2.75) is 48.6 Å². The lowest BCUT2D eigenvalue weighted by molar-refractivity contribution is 0.0569. The first-order valence-electron chi connectivity index (χ1n) is 13.7. The van der Waals surface area contributed by atoms with E-state index >= 15 is 0 Å². The molecule has 214 valence electrons. The van der Waals surface area contributed by atoms with Gasteiger partial charge in [0.15, 0.2) is 15.5 Å². The number of nitrogens with one attached hydrogen (secondary N) is 1. The number of amides is 1. The third-order valence-electron chi connectivity index (χ3n) is 8.43. The lowest BCUT2D eigenvalue weighted by Crippen LogP contribution is -2.46. The minimum atomic E-state index is -3.75. The van der Waals surface area contributed by atoms with Crippen molar-refractivity contribution in [1.29, 1.82) is 0 Å². The molecular formula is C29H29N9O3S. The molecule has 2 atom stereocenters. The van der Waals surface area contributed by atoms with Crippen molar-refractivity contribution in [2.24, 2.45) is 0 Å². The number of sulfone groups is 1. The smallest absolute Gasteiger partial charge is 0.259 e. The summed E-state index contributed by atoms with van der Waals surface area (Å²) in [5, 5.41) is 10.9. The van der Waals surface area contributed by atoms with Crippen LogP contribution in [0, 0.1) is 0 Å². The Labute approximate surface area is 241 Å². The summed E-state index contributed by atoms with van der Waals surface area (Å²) in [7, 11) is -3.75. The summed E-state index contributed by atoms with van der Waals surface area (Å²) in [4.78, 5) is 24.8. The monoisotopic (exact) mass is 583 g/mol. The number of nitrogen functional groups attached to an aromatic ring is 2. The number of aromatic amines is 1. The number of rotatable bonds is 5. The summed E-state index contributed by atoms with van der Waals surface area (Å²) in [5.74, 6) is -0.121. The van der Waals surface area contributed by atoms with E-state index in [-0.39, 0.29) is 40.4 Å². The van der Waals surface area contributed by atoms with Gasteiger partial charge in [-0.05, 0) is 31.7 Å². The fourth-order valence-electron chi connectivity index (χ4n) is 6.55. The van der Waals surface area contributed by atoms with Crippen LogP contribution in [0.3, 0.4) is 0 Å². The number of pyridine rings is 1. The van der Waals surface area contributed by atoms with Crippen molar-refractivity contribution in [3.8, 4) is 22.4 Å². The topological polar surface area (TPSA) is 178 Å². The van der Waals surface area contributed by atoms with Crippen LogP contribution >= 0.6 is 0 Å². The van der Waals surface area contributed by atoms with E-state index in [1.54, 1.807) is 12.4 Å². The molecule has 42 heavy (non-hydrogen) atoms. The van der Waals surface area contributed by atoms with Gasteiger partial charge < -0.3 is 16.4 Å². The molecule has 0 saturated carbocycles. The minimum absolute atomic E-state index is 0.00884. The van der Waals surface area contributed by atoms with Crippen LogP contribution in [0.15, 0.2) is 66.0 Å². The molecule has 2 saturated heterocycles. The molecule has 13 heteroatoms. The predicted molar refractivity (Wildman–Crippen MR) is 157 cm³/mol. The molecule has 2 aliphatic heterocycles. The van der Waals surface area contributed by atoms with Crippen LogP contribution in [-0.2, 0) is 9.84 Å².